The molecule has 132 valence electrons. The Labute approximate surface area is 144 Å². The number of benzene rings is 1. The minimum absolute atomic E-state index is 0.00805. The third kappa shape index (κ3) is 4.49. The summed E-state index contributed by atoms with van der Waals surface area (Å²) in [6.45, 7) is 8.23. The van der Waals surface area contributed by atoms with E-state index in [1.54, 1.807) is 4.90 Å². The van der Waals surface area contributed by atoms with Gasteiger partial charge in [-0.15, -0.1) is 0 Å². The summed E-state index contributed by atoms with van der Waals surface area (Å²) in [5.41, 5.74) is 2.61. The van der Waals surface area contributed by atoms with E-state index in [9.17, 15) is 9.59 Å². The summed E-state index contributed by atoms with van der Waals surface area (Å²) >= 11 is 0. The van der Waals surface area contributed by atoms with Crippen LogP contribution in [-0.2, 0) is 9.53 Å². The summed E-state index contributed by atoms with van der Waals surface area (Å²) in [6.07, 6.45) is 2.62. The number of esters is 1. The Balaban J connectivity index is 2.15. The van der Waals surface area contributed by atoms with Crippen molar-refractivity contribution in [2.45, 2.75) is 40.0 Å². The maximum atomic E-state index is 13.0. The molecule has 0 aromatic heterocycles. The fraction of sp³-hybridized carbons (Fsp3) is 0.579. The van der Waals surface area contributed by atoms with E-state index < -0.39 is 0 Å². The number of piperidine rings is 1. The molecule has 5 nitrogen and oxygen atoms in total. The van der Waals surface area contributed by atoms with Gasteiger partial charge in [0.15, 0.2) is 0 Å². The van der Waals surface area contributed by atoms with Gasteiger partial charge in [0.1, 0.15) is 0 Å². The molecule has 1 fully saturated rings. The number of hydrogen-bond donors (Lipinski definition) is 1. The summed E-state index contributed by atoms with van der Waals surface area (Å²) in [6, 6.07) is 5.89. The molecule has 0 spiro atoms. The van der Waals surface area contributed by atoms with Gasteiger partial charge in [-0.2, -0.15) is 0 Å². The third-order valence-electron chi connectivity index (χ3n) is 4.30. The minimum Gasteiger partial charge on any atom is -0.466 e. The molecule has 0 bridgehead atoms. The first-order valence-corrected chi connectivity index (χ1v) is 8.87. The van der Waals surface area contributed by atoms with Crippen LogP contribution in [0.15, 0.2) is 18.2 Å². The van der Waals surface area contributed by atoms with Gasteiger partial charge in [-0.3, -0.25) is 9.59 Å². The van der Waals surface area contributed by atoms with Crippen molar-refractivity contribution in [2.24, 2.45) is 5.92 Å². The van der Waals surface area contributed by atoms with Gasteiger partial charge in [0.05, 0.1) is 18.1 Å². The van der Waals surface area contributed by atoms with Crippen molar-refractivity contribution >= 4 is 17.6 Å². The molecule has 5 heteroatoms. The van der Waals surface area contributed by atoms with Crippen LogP contribution < -0.4 is 5.32 Å². The molecule has 0 radical (unpaired) electrons. The standard InChI is InChI=1S/C19H28N2O3/c1-4-10-20-17-9-8-14(3)12-16(17)18(22)21-11-6-7-15(13-21)19(23)24-5-2/h8-9,12,15,20H,4-7,10-11,13H2,1-3H3/t15-/m0/s1. The van der Waals surface area contributed by atoms with Crippen LogP contribution in [0.5, 0.6) is 0 Å². The zero-order valence-electron chi connectivity index (χ0n) is 14.9. The van der Waals surface area contributed by atoms with E-state index in [1.165, 1.54) is 0 Å². The SMILES string of the molecule is CCCNc1ccc(C)cc1C(=O)N1CCC[C@H](C(=O)OCC)C1. The van der Waals surface area contributed by atoms with Gasteiger partial charge < -0.3 is 15.0 Å². The molecule has 2 rings (SSSR count). The van der Waals surface area contributed by atoms with Gasteiger partial charge >= 0.3 is 5.97 Å². The number of likely N-dealkylation sites (tertiary alicyclic amines) is 1. The van der Waals surface area contributed by atoms with Crippen LogP contribution in [0.1, 0.15) is 49.0 Å². The summed E-state index contributed by atoms with van der Waals surface area (Å²) in [5, 5.41) is 3.33. The molecular formula is C19H28N2O3. The summed E-state index contributed by atoms with van der Waals surface area (Å²) < 4.78 is 5.12. The van der Waals surface area contributed by atoms with Gasteiger partial charge in [-0.05, 0) is 45.2 Å². The number of nitrogens with zero attached hydrogens (tertiary/aromatic N) is 1. The Hall–Kier alpha value is -2.04. The van der Waals surface area contributed by atoms with E-state index in [0.717, 1.165) is 37.1 Å². The highest BCUT2D eigenvalue weighted by Gasteiger charge is 2.30. The number of carbonyl (C=O) groups is 2. The average molecular weight is 332 g/mol. The molecule has 1 N–H and O–H groups in total. The first kappa shape index (κ1) is 18.3. The van der Waals surface area contributed by atoms with Crippen LogP contribution in [0, 0.1) is 12.8 Å². The Kier molecular flexibility index (Phi) is 6.64. The van der Waals surface area contributed by atoms with E-state index in [2.05, 4.69) is 12.2 Å². The van der Waals surface area contributed by atoms with Crippen molar-refractivity contribution < 1.29 is 14.3 Å². The van der Waals surface area contributed by atoms with Gasteiger partial charge in [-0.1, -0.05) is 18.6 Å². The van der Waals surface area contributed by atoms with Crippen LogP contribution in [0.4, 0.5) is 5.69 Å². The summed E-state index contributed by atoms with van der Waals surface area (Å²) in [4.78, 5) is 26.8. The van der Waals surface area contributed by atoms with Gasteiger partial charge in [0, 0.05) is 25.3 Å². The van der Waals surface area contributed by atoms with E-state index in [-0.39, 0.29) is 17.8 Å². The van der Waals surface area contributed by atoms with Crippen LogP contribution in [0.25, 0.3) is 0 Å². The topological polar surface area (TPSA) is 58.6 Å². The molecular weight excluding hydrogens is 304 g/mol. The number of hydrogen-bond acceptors (Lipinski definition) is 4. The van der Waals surface area contributed by atoms with Gasteiger partial charge in [0.25, 0.3) is 5.91 Å². The second-order valence-corrected chi connectivity index (χ2v) is 6.32. The highest BCUT2D eigenvalue weighted by Crippen LogP contribution is 2.24. The number of amides is 1. The molecule has 0 saturated carbocycles. The maximum Gasteiger partial charge on any atom is 0.310 e. The number of rotatable bonds is 6. The predicted octanol–water partition coefficient (Wildman–Crippen LogP) is 3.23. The number of ether oxygens (including phenoxy) is 1. The highest BCUT2D eigenvalue weighted by molar-refractivity contribution is 6.00. The first-order chi connectivity index (χ1) is 11.6. The van der Waals surface area contributed by atoms with Crippen LogP contribution in [0.3, 0.4) is 0 Å². The van der Waals surface area contributed by atoms with Gasteiger partial charge in [-0.25, -0.2) is 0 Å². The normalized spacial score (nSPS) is 17.5. The van der Waals surface area contributed by atoms with Crippen molar-refractivity contribution in [3.8, 4) is 0 Å². The molecule has 1 amide bonds. The highest BCUT2D eigenvalue weighted by atomic mass is 16.5. The van der Waals surface area contributed by atoms with E-state index in [0.29, 0.717) is 25.3 Å². The maximum absolute atomic E-state index is 13.0. The lowest BCUT2D eigenvalue weighted by atomic mass is 9.97. The number of aryl methyl sites for hydroxylation is 1. The lowest BCUT2D eigenvalue weighted by Gasteiger charge is -2.32. The van der Waals surface area contributed by atoms with Crippen LogP contribution in [0.2, 0.25) is 0 Å². The number of carbonyl (C=O) groups excluding carboxylic acids is 2. The van der Waals surface area contributed by atoms with E-state index in [1.807, 2.05) is 32.0 Å². The Morgan fingerprint density at radius 3 is 2.83 bits per heavy atom. The van der Waals surface area contributed by atoms with Crippen molar-refractivity contribution in [2.75, 3.05) is 31.6 Å². The van der Waals surface area contributed by atoms with E-state index >= 15 is 0 Å². The number of nitrogens with one attached hydrogen (secondary N) is 1. The van der Waals surface area contributed by atoms with Crippen molar-refractivity contribution in [3.05, 3.63) is 29.3 Å². The zero-order valence-corrected chi connectivity index (χ0v) is 14.9. The molecule has 24 heavy (non-hydrogen) atoms. The lowest BCUT2D eigenvalue weighted by molar-refractivity contribution is -0.149. The fourth-order valence-electron chi connectivity index (χ4n) is 3.03. The first-order valence-electron chi connectivity index (χ1n) is 8.87. The second kappa shape index (κ2) is 8.71. The smallest absolute Gasteiger partial charge is 0.310 e. The molecule has 1 aromatic rings. The monoisotopic (exact) mass is 332 g/mol. The molecule has 1 heterocycles. The molecule has 1 aromatic carbocycles. The summed E-state index contributed by atoms with van der Waals surface area (Å²) in [7, 11) is 0. The summed E-state index contributed by atoms with van der Waals surface area (Å²) in [5.74, 6) is -0.408. The van der Waals surface area contributed by atoms with Crippen molar-refractivity contribution in [1.82, 2.24) is 4.90 Å². The lowest BCUT2D eigenvalue weighted by Crippen LogP contribution is -2.43. The van der Waals surface area contributed by atoms with Crippen molar-refractivity contribution in [3.63, 3.8) is 0 Å². The predicted molar refractivity (Wildman–Crippen MR) is 95.2 cm³/mol. The molecule has 0 aliphatic carbocycles. The van der Waals surface area contributed by atoms with Crippen LogP contribution >= 0.6 is 0 Å². The van der Waals surface area contributed by atoms with Crippen molar-refractivity contribution in [1.29, 1.82) is 0 Å². The van der Waals surface area contributed by atoms with E-state index in [4.69, 9.17) is 4.74 Å². The Morgan fingerprint density at radius 1 is 1.33 bits per heavy atom. The minimum atomic E-state index is -0.209. The molecule has 1 saturated heterocycles. The zero-order chi connectivity index (χ0) is 17.5. The quantitative estimate of drug-likeness (QED) is 0.813. The molecule has 1 atom stereocenters. The largest absolute Gasteiger partial charge is 0.466 e. The third-order valence-corrected chi connectivity index (χ3v) is 4.30. The number of anilines is 1. The molecule has 1 aliphatic heterocycles. The Morgan fingerprint density at radius 2 is 2.12 bits per heavy atom. The van der Waals surface area contributed by atoms with Gasteiger partial charge in [0.2, 0.25) is 0 Å². The Bertz CT molecular complexity index is 586. The van der Waals surface area contributed by atoms with Crippen LogP contribution in [-0.4, -0.2) is 43.0 Å². The fourth-order valence-corrected chi connectivity index (χ4v) is 3.03. The average Bonchev–Trinajstić information content (AvgIpc) is 2.60. The molecule has 0 unspecified atom stereocenters. The second-order valence-electron chi connectivity index (χ2n) is 6.32. The molecule has 1 aliphatic rings.